The second kappa shape index (κ2) is 13.9. The number of nitrogens with zero attached hydrogens (tertiary/aromatic N) is 2. The number of aryl methyl sites for hydroxylation is 3. The Morgan fingerprint density at radius 2 is 1.26 bits per heavy atom. The predicted molar refractivity (Wildman–Crippen MR) is 225 cm³/mol. The van der Waals surface area contributed by atoms with Crippen molar-refractivity contribution < 1.29 is 22.4 Å². The van der Waals surface area contributed by atoms with Gasteiger partial charge >= 0.3 is 22.4 Å². The maximum atomic E-state index is 5.42. The van der Waals surface area contributed by atoms with Crippen molar-refractivity contribution in [1.29, 1.82) is 0 Å². The van der Waals surface area contributed by atoms with Gasteiger partial charge in [-0.15, -0.1) is 51.4 Å². The van der Waals surface area contributed by atoms with Crippen molar-refractivity contribution in [1.82, 2.24) is 4.98 Å². The SMILES string of the molecule is Cc1cc(C)c(B2c3ccccc3[N-]c3c2cccc3-c2[c-]c(-c3[c-]c(-c4nccc5ccsc45)cc(C(C)(C)C)c3)cc(C(C)(C)C)c2)c(C)c1.[Au+3]. The maximum absolute atomic E-state index is 5.42. The van der Waals surface area contributed by atoms with E-state index in [4.69, 9.17) is 10.3 Å². The molecule has 5 aromatic carbocycles. The first kappa shape index (κ1) is 37.1. The van der Waals surface area contributed by atoms with Gasteiger partial charge in [-0.3, -0.25) is 4.98 Å². The van der Waals surface area contributed by atoms with E-state index in [9.17, 15) is 0 Å². The van der Waals surface area contributed by atoms with Crippen LogP contribution in [0, 0.1) is 32.9 Å². The average Bonchev–Trinajstić information content (AvgIpc) is 3.59. The van der Waals surface area contributed by atoms with Crippen LogP contribution in [0.2, 0.25) is 0 Å². The number of aromatic nitrogens is 1. The van der Waals surface area contributed by atoms with E-state index in [0.717, 1.165) is 44.9 Å². The Labute approximate surface area is 335 Å². The van der Waals surface area contributed by atoms with Crippen LogP contribution in [-0.2, 0) is 33.2 Å². The van der Waals surface area contributed by atoms with Gasteiger partial charge in [0.05, 0.1) is 0 Å². The van der Waals surface area contributed by atoms with Gasteiger partial charge in [0.25, 0.3) is 0 Å². The Balaban J connectivity index is 0.00000435. The van der Waals surface area contributed by atoms with E-state index in [-0.39, 0.29) is 39.9 Å². The van der Waals surface area contributed by atoms with Crippen LogP contribution in [0.5, 0.6) is 0 Å². The van der Waals surface area contributed by atoms with Gasteiger partial charge in [0.15, 0.2) is 0 Å². The van der Waals surface area contributed by atoms with E-state index in [1.807, 2.05) is 6.20 Å². The largest absolute Gasteiger partial charge is 3.00 e. The standard InChI is InChI=1S/C48H44BN2S.Au/c1-29-21-30(2)43(31(3)22-29)49-40-14-10-11-16-42(40)51-45-39(13-12-15-41(45)49)35-23-33(25-37(27-35)47(4,5)6)34-24-36(28-38(26-34)48(7,8)9)44-46-32(17-19-50-44)18-20-52-46;/h10-22,25-28H,1-9H3;/q-3;+3. The molecule has 1 aliphatic heterocycles. The summed E-state index contributed by atoms with van der Waals surface area (Å²) in [7, 11) is 0. The van der Waals surface area contributed by atoms with Gasteiger partial charge in [0.1, 0.15) is 0 Å². The fourth-order valence-corrected chi connectivity index (χ4v) is 8.77. The van der Waals surface area contributed by atoms with E-state index >= 15 is 0 Å². The van der Waals surface area contributed by atoms with Gasteiger partial charge in [-0.2, -0.15) is 41.1 Å². The first-order valence-corrected chi connectivity index (χ1v) is 19.1. The average molecular weight is 889 g/mol. The molecule has 7 aromatic rings. The molecule has 2 nitrogen and oxygen atoms in total. The summed E-state index contributed by atoms with van der Waals surface area (Å²) in [5.74, 6) is 0. The summed E-state index contributed by atoms with van der Waals surface area (Å²) in [5.41, 5.74) is 18.4. The van der Waals surface area contributed by atoms with Crippen LogP contribution < -0.4 is 16.4 Å². The zero-order valence-corrected chi connectivity index (χ0v) is 35.0. The minimum atomic E-state index is -0.0928. The van der Waals surface area contributed by atoms with Gasteiger partial charge in [0.2, 0.25) is 6.71 Å². The number of hydrogen-bond donors (Lipinski definition) is 0. The maximum Gasteiger partial charge on any atom is 3.00 e. The topological polar surface area (TPSA) is 27.0 Å². The summed E-state index contributed by atoms with van der Waals surface area (Å²) in [5, 5.41) is 8.78. The number of benzene rings is 5. The summed E-state index contributed by atoms with van der Waals surface area (Å²) in [4.78, 5) is 4.90. The first-order valence-electron chi connectivity index (χ1n) is 18.3. The van der Waals surface area contributed by atoms with Crippen LogP contribution in [0.4, 0.5) is 11.4 Å². The van der Waals surface area contributed by atoms with Crippen LogP contribution in [0.3, 0.4) is 0 Å². The van der Waals surface area contributed by atoms with E-state index in [2.05, 4.69) is 171 Å². The Kier molecular flexibility index (Phi) is 9.74. The molecule has 0 unspecified atom stereocenters. The van der Waals surface area contributed by atoms with E-state index in [0.29, 0.717) is 0 Å². The van der Waals surface area contributed by atoms with Crippen LogP contribution in [0.1, 0.15) is 69.4 Å². The molecule has 8 rings (SSSR count). The van der Waals surface area contributed by atoms with Crippen LogP contribution in [0.15, 0.2) is 103 Å². The molecule has 2 aromatic heterocycles. The van der Waals surface area contributed by atoms with E-state index < -0.39 is 0 Å². The van der Waals surface area contributed by atoms with Crippen molar-refractivity contribution in [3.8, 4) is 33.5 Å². The molecule has 0 N–H and O–H groups in total. The van der Waals surface area contributed by atoms with Crippen LogP contribution in [-0.4, -0.2) is 11.7 Å². The second-order valence-corrected chi connectivity index (χ2v) is 17.5. The third-order valence-electron chi connectivity index (χ3n) is 10.6. The monoisotopic (exact) mass is 888 g/mol. The quantitative estimate of drug-likeness (QED) is 0.128. The molecule has 0 radical (unpaired) electrons. The molecular formula is C48H44AuBN2S. The molecular weight excluding hydrogens is 844 g/mol. The summed E-state index contributed by atoms with van der Waals surface area (Å²) < 4.78 is 1.19. The summed E-state index contributed by atoms with van der Waals surface area (Å²) in [6, 6.07) is 41.3. The zero-order chi connectivity index (χ0) is 36.5. The molecule has 1 aliphatic rings. The smallest absolute Gasteiger partial charge is 0.665 e. The van der Waals surface area contributed by atoms with Gasteiger partial charge in [-0.05, 0) is 54.5 Å². The molecule has 5 heteroatoms. The number of hydrogen-bond acceptors (Lipinski definition) is 2. The van der Waals surface area contributed by atoms with Gasteiger partial charge in [0, 0.05) is 16.6 Å². The molecule has 53 heavy (non-hydrogen) atoms. The second-order valence-electron chi connectivity index (χ2n) is 16.6. The Hall–Kier alpha value is -4.18. The molecule has 0 fully saturated rings. The Morgan fingerprint density at radius 3 is 1.94 bits per heavy atom. The third kappa shape index (κ3) is 6.88. The van der Waals surface area contributed by atoms with Crippen molar-refractivity contribution in [2.75, 3.05) is 0 Å². The molecule has 0 saturated heterocycles. The Morgan fingerprint density at radius 1 is 0.660 bits per heavy atom. The normalized spacial score (nSPS) is 12.6. The molecule has 0 aliphatic carbocycles. The van der Waals surface area contributed by atoms with E-state index in [1.165, 1.54) is 54.3 Å². The van der Waals surface area contributed by atoms with Crippen LogP contribution >= 0.6 is 11.3 Å². The Bertz CT molecular complexity index is 2490. The fourth-order valence-electron chi connectivity index (χ4n) is 7.87. The molecule has 3 heterocycles. The molecule has 0 bridgehead atoms. The first-order chi connectivity index (χ1) is 24.8. The molecule has 266 valence electrons. The number of pyridine rings is 1. The zero-order valence-electron chi connectivity index (χ0n) is 32.0. The number of rotatable bonds is 4. The fraction of sp³-hybridized carbons (Fsp3) is 0.229. The molecule has 0 amide bonds. The van der Waals surface area contributed by atoms with Gasteiger partial charge in [-0.1, -0.05) is 135 Å². The van der Waals surface area contributed by atoms with Crippen molar-refractivity contribution in [3.63, 3.8) is 0 Å². The summed E-state index contributed by atoms with van der Waals surface area (Å²) in [6.07, 6.45) is 1.92. The number of fused-ring (bicyclic) bond motifs is 3. The minimum Gasteiger partial charge on any atom is -0.665 e. The third-order valence-corrected chi connectivity index (χ3v) is 11.5. The summed E-state index contributed by atoms with van der Waals surface area (Å²) >= 11 is 1.74. The molecule has 0 saturated carbocycles. The van der Waals surface area contributed by atoms with Gasteiger partial charge in [-0.25, -0.2) is 0 Å². The van der Waals surface area contributed by atoms with Crippen molar-refractivity contribution in [2.45, 2.75) is 73.1 Å². The van der Waals surface area contributed by atoms with Crippen LogP contribution in [0.25, 0.3) is 48.9 Å². The molecule has 0 atom stereocenters. The van der Waals surface area contributed by atoms with Gasteiger partial charge < -0.3 is 5.32 Å². The number of para-hydroxylation sites is 2. The predicted octanol–water partition coefficient (Wildman–Crippen LogP) is 11.6. The molecule has 0 spiro atoms. The van der Waals surface area contributed by atoms with Crippen molar-refractivity contribution in [3.05, 3.63) is 148 Å². The number of thiophene rings is 1. The van der Waals surface area contributed by atoms with Crippen molar-refractivity contribution >= 4 is 55.9 Å². The minimum absolute atomic E-state index is 0. The van der Waals surface area contributed by atoms with E-state index in [1.54, 1.807) is 11.3 Å². The summed E-state index contributed by atoms with van der Waals surface area (Å²) in [6.45, 7) is 20.5. The van der Waals surface area contributed by atoms with Crippen molar-refractivity contribution in [2.24, 2.45) is 0 Å².